The van der Waals surface area contributed by atoms with Crippen molar-refractivity contribution in [2.45, 2.75) is 140 Å². The number of carbonyl (C=O) groups is 1. The topological polar surface area (TPSA) is 259 Å². The second kappa shape index (κ2) is 22.1. The summed E-state index contributed by atoms with van der Waals surface area (Å²) >= 11 is 0. The number of hydrogen-bond acceptors (Lipinski definition) is 13. The number of esters is 1. The van der Waals surface area contributed by atoms with Crippen molar-refractivity contribution in [2.75, 3.05) is 20.0 Å². The number of carbonyl (C=O) groups excluding carboxylic acids is 1. The zero-order valence-electron chi connectivity index (χ0n) is 25.3. The second-order valence-electron chi connectivity index (χ2n) is 11.0. The van der Waals surface area contributed by atoms with Gasteiger partial charge in [-0.3, -0.25) is 18.4 Å². The Labute approximate surface area is 258 Å². The minimum Gasteiger partial charge on any atom is -0.457 e. The summed E-state index contributed by atoms with van der Waals surface area (Å²) in [6.45, 7) is 0.252. The van der Waals surface area contributed by atoms with Crippen molar-refractivity contribution in [1.82, 2.24) is 0 Å². The average Bonchev–Trinajstić information content (AvgIpc) is 2.95. The number of aliphatic hydroxyl groups is 5. The Bertz CT molecular complexity index is 873. The summed E-state index contributed by atoms with van der Waals surface area (Å²) in [6.07, 6.45) is 0.249. The van der Waals surface area contributed by atoms with E-state index in [1.54, 1.807) is 0 Å². The van der Waals surface area contributed by atoms with Gasteiger partial charge in [0.15, 0.2) is 0 Å². The number of phosphoric ester groups is 2. The molecule has 0 amide bonds. The number of unbranched alkanes of at least 4 members (excludes halogenated alkanes) is 12. The van der Waals surface area contributed by atoms with Gasteiger partial charge in [-0.05, 0) is 6.42 Å². The zero-order valence-corrected chi connectivity index (χ0v) is 27.1. The molecule has 0 aromatic carbocycles. The van der Waals surface area contributed by atoms with Crippen LogP contribution in [0.2, 0.25) is 0 Å². The highest BCUT2D eigenvalue weighted by molar-refractivity contribution is 7.47. The molecule has 8 atom stereocenters. The molecule has 0 aromatic heterocycles. The van der Waals surface area contributed by atoms with Crippen molar-refractivity contribution in [3.63, 3.8) is 0 Å². The summed E-state index contributed by atoms with van der Waals surface area (Å²) in [5.74, 6) is -0.635. The first kappa shape index (κ1) is 41.5. The van der Waals surface area contributed by atoms with Crippen molar-refractivity contribution in [1.29, 1.82) is 0 Å². The number of aliphatic hydroxyl groups excluding tert-OH is 5. The van der Waals surface area contributed by atoms with E-state index in [2.05, 4.69) is 11.4 Å². The van der Waals surface area contributed by atoms with Crippen LogP contribution in [0, 0.1) is 0 Å². The Morgan fingerprint density at radius 1 is 0.682 bits per heavy atom. The molecule has 1 fully saturated rings. The van der Waals surface area contributed by atoms with E-state index in [0.717, 1.165) is 25.7 Å². The van der Waals surface area contributed by atoms with Gasteiger partial charge in [-0.15, -0.1) is 0 Å². The molecule has 0 saturated heterocycles. The first-order valence-electron chi connectivity index (χ1n) is 15.2. The van der Waals surface area contributed by atoms with Crippen molar-refractivity contribution < 1.29 is 77.2 Å². The van der Waals surface area contributed by atoms with Gasteiger partial charge in [-0.25, -0.2) is 9.13 Å². The molecule has 8 N–H and O–H groups in total. The summed E-state index contributed by atoms with van der Waals surface area (Å²) < 4.78 is 47.5. The van der Waals surface area contributed by atoms with Crippen LogP contribution in [0.25, 0.3) is 0 Å². The quantitative estimate of drug-likeness (QED) is 0.0295. The summed E-state index contributed by atoms with van der Waals surface area (Å²) in [7, 11) is -10.5. The number of phosphoric acid groups is 2. The lowest BCUT2D eigenvalue weighted by Gasteiger charge is -2.43. The normalized spacial score (nSPS) is 26.3. The first-order valence-corrected chi connectivity index (χ1v) is 18.2. The molecule has 1 aliphatic carbocycles. The molecule has 262 valence electrons. The van der Waals surface area contributed by atoms with E-state index in [-0.39, 0.29) is 6.42 Å². The van der Waals surface area contributed by atoms with Crippen LogP contribution >= 0.6 is 15.6 Å². The fourth-order valence-electron chi connectivity index (χ4n) is 4.78. The minimum absolute atomic E-state index is 0.0717. The SMILES string of the molecule is CCCCCCCCCCCCCCCC(=O)O[C@@H](COCO)COP(=O)(O)OC1C(O)[C@H](OP(=O)(O)O)[C@@H](O)C(O)[C@@H]1O. The van der Waals surface area contributed by atoms with Crippen LogP contribution in [0.4, 0.5) is 0 Å². The second-order valence-corrected chi connectivity index (χ2v) is 13.6. The Kier molecular flexibility index (Phi) is 20.8. The molecule has 1 aliphatic rings. The summed E-state index contributed by atoms with van der Waals surface area (Å²) in [5.41, 5.74) is 0. The van der Waals surface area contributed by atoms with Gasteiger partial charge >= 0.3 is 21.6 Å². The van der Waals surface area contributed by atoms with E-state index in [1.807, 2.05) is 0 Å². The molecule has 0 heterocycles. The predicted molar refractivity (Wildman–Crippen MR) is 155 cm³/mol. The van der Waals surface area contributed by atoms with Crippen molar-refractivity contribution in [3.8, 4) is 0 Å². The predicted octanol–water partition coefficient (Wildman–Crippen LogP) is 1.78. The van der Waals surface area contributed by atoms with Crippen molar-refractivity contribution in [3.05, 3.63) is 0 Å². The summed E-state index contributed by atoms with van der Waals surface area (Å²) in [4.78, 5) is 40.4. The average molecular weight is 683 g/mol. The zero-order chi connectivity index (χ0) is 33.2. The molecule has 0 aliphatic heterocycles. The number of hydrogen-bond donors (Lipinski definition) is 8. The first-order chi connectivity index (χ1) is 20.7. The molecule has 0 radical (unpaired) electrons. The van der Waals surface area contributed by atoms with Crippen LogP contribution in [0.15, 0.2) is 0 Å². The van der Waals surface area contributed by atoms with Crippen LogP contribution in [-0.2, 0) is 37.0 Å². The molecule has 18 heteroatoms. The van der Waals surface area contributed by atoms with Crippen molar-refractivity contribution >= 4 is 21.6 Å². The minimum atomic E-state index is -5.32. The van der Waals surface area contributed by atoms with E-state index < -0.39 is 84.3 Å². The van der Waals surface area contributed by atoms with Gasteiger partial charge in [0, 0.05) is 6.42 Å². The Hall–Kier alpha value is -0.550. The monoisotopic (exact) mass is 682 g/mol. The van der Waals surface area contributed by atoms with Gasteiger partial charge in [0.1, 0.15) is 49.5 Å². The third-order valence-electron chi connectivity index (χ3n) is 7.16. The van der Waals surface area contributed by atoms with Crippen molar-refractivity contribution in [2.24, 2.45) is 0 Å². The van der Waals surface area contributed by atoms with Gasteiger partial charge in [0.2, 0.25) is 0 Å². The van der Waals surface area contributed by atoms with E-state index in [4.69, 9.17) is 33.4 Å². The third-order valence-corrected chi connectivity index (χ3v) is 8.66. The lowest BCUT2D eigenvalue weighted by Crippen LogP contribution is -2.64. The van der Waals surface area contributed by atoms with Gasteiger partial charge in [0.25, 0.3) is 0 Å². The molecule has 16 nitrogen and oxygen atoms in total. The van der Waals surface area contributed by atoms with E-state index in [1.165, 1.54) is 51.4 Å². The van der Waals surface area contributed by atoms with Crippen LogP contribution in [0.5, 0.6) is 0 Å². The molecule has 0 bridgehead atoms. The Morgan fingerprint density at radius 3 is 1.64 bits per heavy atom. The highest BCUT2D eigenvalue weighted by atomic mass is 31.2. The molecule has 44 heavy (non-hydrogen) atoms. The van der Waals surface area contributed by atoms with E-state index in [0.29, 0.717) is 6.42 Å². The lowest BCUT2D eigenvalue weighted by atomic mass is 9.85. The molecular formula is C26H52O16P2. The molecule has 0 spiro atoms. The fraction of sp³-hybridized carbons (Fsp3) is 0.962. The number of ether oxygens (including phenoxy) is 2. The molecule has 4 unspecified atom stereocenters. The largest absolute Gasteiger partial charge is 0.472 e. The smallest absolute Gasteiger partial charge is 0.457 e. The van der Waals surface area contributed by atoms with Crippen LogP contribution in [0.1, 0.15) is 96.8 Å². The number of rotatable bonds is 25. The maximum atomic E-state index is 12.5. The maximum Gasteiger partial charge on any atom is 0.472 e. The molecule has 1 rings (SSSR count). The summed E-state index contributed by atoms with van der Waals surface area (Å²) in [6, 6.07) is 0. The van der Waals surface area contributed by atoms with Crippen LogP contribution in [0.3, 0.4) is 0 Å². The highest BCUT2D eigenvalue weighted by Gasteiger charge is 2.54. The molecular weight excluding hydrogens is 630 g/mol. The standard InChI is InChI=1S/C26H52O16P2/c1-2-3-4-5-6-7-8-9-10-11-12-13-14-15-20(28)40-19(16-38-18-27)17-39-44(36,37)42-26-23(31)21(29)22(30)25(24(26)32)41-43(33,34)35/h19,21-27,29-32H,2-18H2,1H3,(H,36,37)(H2,33,34,35)/t19-,21?,22-,23-,24?,25+,26?/m0/s1. The third kappa shape index (κ3) is 17.4. The van der Waals surface area contributed by atoms with Crippen LogP contribution < -0.4 is 0 Å². The fourth-order valence-corrected chi connectivity index (χ4v) is 6.32. The Morgan fingerprint density at radius 2 is 1.16 bits per heavy atom. The van der Waals surface area contributed by atoms with Crippen LogP contribution in [-0.4, -0.2) is 109 Å². The van der Waals surface area contributed by atoms with Gasteiger partial charge in [-0.2, -0.15) is 0 Å². The molecule has 0 aromatic rings. The lowest BCUT2D eigenvalue weighted by molar-refractivity contribution is -0.216. The highest BCUT2D eigenvalue weighted by Crippen LogP contribution is 2.48. The molecule has 1 saturated carbocycles. The maximum absolute atomic E-state index is 12.5. The summed E-state index contributed by atoms with van der Waals surface area (Å²) in [5, 5.41) is 49.3. The Balaban J connectivity index is 2.47. The van der Waals surface area contributed by atoms with Gasteiger partial charge in [0.05, 0.1) is 13.2 Å². The van der Waals surface area contributed by atoms with E-state index >= 15 is 0 Å². The van der Waals surface area contributed by atoms with Gasteiger partial charge < -0.3 is 49.7 Å². The van der Waals surface area contributed by atoms with E-state index in [9.17, 15) is 39.2 Å². The van der Waals surface area contributed by atoms with Gasteiger partial charge in [-0.1, -0.05) is 84.0 Å².